The number of nitrogens with one attached hydrogen (secondary N) is 2. The molecule has 0 bridgehead atoms. The molecule has 1 fully saturated rings. The van der Waals surface area contributed by atoms with Crippen molar-refractivity contribution in [3.05, 3.63) is 11.9 Å². The van der Waals surface area contributed by atoms with Gasteiger partial charge >= 0.3 is 6.03 Å². The summed E-state index contributed by atoms with van der Waals surface area (Å²) in [6, 6.07) is -0.175. The predicted octanol–water partition coefficient (Wildman–Crippen LogP) is 1.33. The van der Waals surface area contributed by atoms with E-state index in [1.54, 1.807) is 13.2 Å². The first-order chi connectivity index (χ1) is 8.36. The molecule has 0 saturated carbocycles. The molecule has 0 atom stereocenters. The number of nitrogens with zero attached hydrogens (tertiary/aromatic N) is 4. The molecule has 0 aromatic carbocycles. The normalized spacial score (nSPS) is 16.8. The largest absolute Gasteiger partial charge is 0.355 e. The molecule has 2 N–H and O–H groups in total. The van der Waals surface area contributed by atoms with E-state index in [2.05, 4.69) is 52.9 Å². The molecule has 1 aromatic rings. The van der Waals surface area contributed by atoms with E-state index in [4.69, 9.17) is 0 Å². The number of aromatic nitrogens is 2. The van der Waals surface area contributed by atoms with Gasteiger partial charge in [0.25, 0.3) is 0 Å². The molecule has 2 heterocycles. The van der Waals surface area contributed by atoms with Crippen LogP contribution < -0.4 is 16.1 Å². The molecule has 0 aliphatic carbocycles. The molecule has 8 heteroatoms. The minimum absolute atomic E-state index is 0.135. The summed E-state index contributed by atoms with van der Waals surface area (Å²) >= 11 is 3.45. The van der Waals surface area contributed by atoms with E-state index in [9.17, 15) is 4.79 Å². The second-order valence-electron chi connectivity index (χ2n) is 5.09. The fraction of sp³-hybridized carbons (Fsp3) is 0.600. The van der Waals surface area contributed by atoms with E-state index >= 15 is 0 Å². The molecular weight excluding hydrogens is 300 g/mol. The number of rotatable bonds is 2. The minimum Gasteiger partial charge on any atom is -0.261 e. The highest BCUT2D eigenvalue weighted by atomic mass is 79.9. The monoisotopic (exact) mass is 316 g/mol. The smallest absolute Gasteiger partial charge is 0.261 e. The number of carbonyl (C=O) groups is 1. The Balaban J connectivity index is 2.41. The van der Waals surface area contributed by atoms with Crippen LogP contribution in [0.1, 0.15) is 26.5 Å². The number of amides is 2. The van der Waals surface area contributed by atoms with Gasteiger partial charge in [-0.3, -0.25) is 4.68 Å². The van der Waals surface area contributed by atoms with Crippen LogP contribution in [-0.4, -0.2) is 27.9 Å². The highest BCUT2D eigenvalue weighted by molar-refractivity contribution is 9.08. The summed E-state index contributed by atoms with van der Waals surface area (Å²) in [4.78, 5) is 11.9. The number of anilines is 1. The third kappa shape index (κ3) is 2.11. The fourth-order valence-corrected chi connectivity index (χ4v) is 2.31. The SMILES string of the molecule is CN1NNN(c2cnn(C(C)(C)C)c2CBr)C1=O. The van der Waals surface area contributed by atoms with Crippen LogP contribution in [0, 0.1) is 0 Å². The van der Waals surface area contributed by atoms with Crippen LogP contribution in [0.15, 0.2) is 6.20 Å². The lowest BCUT2D eigenvalue weighted by Gasteiger charge is -2.23. The number of hydrogen-bond acceptors (Lipinski definition) is 4. The summed E-state index contributed by atoms with van der Waals surface area (Å²) in [6.45, 7) is 6.21. The quantitative estimate of drug-likeness (QED) is 0.808. The van der Waals surface area contributed by atoms with E-state index in [-0.39, 0.29) is 11.6 Å². The van der Waals surface area contributed by atoms with Crippen LogP contribution in [0.25, 0.3) is 0 Å². The molecular formula is C10H17BrN6O. The summed E-state index contributed by atoms with van der Waals surface area (Å²) in [5.41, 5.74) is 7.07. The number of hydrogen-bond donors (Lipinski definition) is 2. The summed E-state index contributed by atoms with van der Waals surface area (Å²) in [5.74, 6) is 0. The zero-order chi connectivity index (χ0) is 13.5. The van der Waals surface area contributed by atoms with Gasteiger partial charge in [0.2, 0.25) is 0 Å². The van der Waals surface area contributed by atoms with Gasteiger partial charge in [-0.25, -0.2) is 14.8 Å². The highest BCUT2D eigenvalue weighted by Crippen LogP contribution is 2.27. The van der Waals surface area contributed by atoms with Crippen LogP contribution in [0.2, 0.25) is 0 Å². The Morgan fingerprint density at radius 3 is 2.50 bits per heavy atom. The van der Waals surface area contributed by atoms with Gasteiger partial charge in [0.05, 0.1) is 17.4 Å². The van der Waals surface area contributed by atoms with Crippen LogP contribution in [0.5, 0.6) is 0 Å². The van der Waals surface area contributed by atoms with Crippen LogP contribution >= 0.6 is 15.9 Å². The summed E-state index contributed by atoms with van der Waals surface area (Å²) in [5, 5.41) is 7.79. The standard InChI is InChI=1S/C10H17BrN6O/c1-10(2,3)17-7(5-11)8(6-12-17)16-9(18)15(4)13-14-16/h6,13-14H,5H2,1-4H3. The first-order valence-electron chi connectivity index (χ1n) is 5.58. The maximum Gasteiger partial charge on any atom is 0.355 e. The molecule has 1 aromatic heterocycles. The Kier molecular flexibility index (Phi) is 3.35. The average molecular weight is 317 g/mol. The molecule has 1 aliphatic rings. The Bertz CT molecular complexity index is 465. The number of alkyl halides is 1. The average Bonchev–Trinajstić information content (AvgIpc) is 2.83. The van der Waals surface area contributed by atoms with Crippen molar-refractivity contribution in [3.63, 3.8) is 0 Å². The van der Waals surface area contributed by atoms with E-state index < -0.39 is 0 Å². The molecule has 1 aliphatic heterocycles. The zero-order valence-electron chi connectivity index (χ0n) is 10.9. The second kappa shape index (κ2) is 4.52. The Morgan fingerprint density at radius 1 is 1.39 bits per heavy atom. The molecule has 100 valence electrons. The lowest BCUT2D eigenvalue weighted by molar-refractivity contribution is 0.214. The van der Waals surface area contributed by atoms with E-state index in [0.29, 0.717) is 5.33 Å². The maximum atomic E-state index is 11.9. The third-order valence-electron chi connectivity index (χ3n) is 2.66. The van der Waals surface area contributed by atoms with Crippen molar-refractivity contribution in [3.8, 4) is 0 Å². The van der Waals surface area contributed by atoms with Crippen molar-refractivity contribution in [1.82, 2.24) is 25.9 Å². The minimum atomic E-state index is -0.175. The van der Waals surface area contributed by atoms with Gasteiger partial charge in [0.15, 0.2) is 0 Å². The Hall–Kier alpha value is -1.12. The number of hydrazine groups is 3. The zero-order valence-corrected chi connectivity index (χ0v) is 12.4. The lowest BCUT2D eigenvalue weighted by Crippen LogP contribution is -2.38. The van der Waals surface area contributed by atoms with Crippen LogP contribution in [0.3, 0.4) is 0 Å². The van der Waals surface area contributed by atoms with Gasteiger partial charge in [-0.2, -0.15) is 5.10 Å². The summed E-state index contributed by atoms with van der Waals surface area (Å²) in [7, 11) is 1.65. The van der Waals surface area contributed by atoms with Gasteiger partial charge in [-0.15, -0.1) is 11.1 Å². The number of carbonyl (C=O) groups excluding carboxylic acids is 1. The van der Waals surface area contributed by atoms with Crippen molar-refractivity contribution < 1.29 is 4.79 Å². The predicted molar refractivity (Wildman–Crippen MR) is 71.8 cm³/mol. The number of urea groups is 1. The molecule has 7 nitrogen and oxygen atoms in total. The molecule has 0 unspecified atom stereocenters. The lowest BCUT2D eigenvalue weighted by atomic mass is 10.1. The third-order valence-corrected chi connectivity index (χ3v) is 3.19. The van der Waals surface area contributed by atoms with Crippen molar-refractivity contribution in [2.75, 3.05) is 12.1 Å². The first-order valence-corrected chi connectivity index (χ1v) is 6.71. The molecule has 0 radical (unpaired) electrons. The van der Waals surface area contributed by atoms with E-state index in [1.165, 1.54) is 10.0 Å². The summed E-state index contributed by atoms with van der Waals surface area (Å²) < 4.78 is 1.91. The van der Waals surface area contributed by atoms with Crippen LogP contribution in [0.4, 0.5) is 10.5 Å². The molecule has 2 amide bonds. The maximum absolute atomic E-state index is 11.9. The molecule has 18 heavy (non-hydrogen) atoms. The highest BCUT2D eigenvalue weighted by Gasteiger charge is 2.31. The van der Waals surface area contributed by atoms with Gasteiger partial charge in [-0.1, -0.05) is 15.9 Å². The van der Waals surface area contributed by atoms with E-state index in [1.807, 2.05) is 4.68 Å². The van der Waals surface area contributed by atoms with Gasteiger partial charge in [-0.05, 0) is 20.8 Å². The van der Waals surface area contributed by atoms with Crippen molar-refractivity contribution in [2.24, 2.45) is 0 Å². The molecule has 0 spiro atoms. The molecule has 2 rings (SSSR count). The summed E-state index contributed by atoms with van der Waals surface area (Å²) in [6.07, 6.45) is 1.69. The topological polar surface area (TPSA) is 65.4 Å². The fourth-order valence-electron chi connectivity index (χ4n) is 1.79. The van der Waals surface area contributed by atoms with E-state index in [0.717, 1.165) is 11.4 Å². The van der Waals surface area contributed by atoms with Crippen molar-refractivity contribution in [1.29, 1.82) is 0 Å². The Morgan fingerprint density at radius 2 is 2.06 bits per heavy atom. The Labute approximate surface area is 114 Å². The first kappa shape index (κ1) is 13.3. The van der Waals surface area contributed by atoms with Crippen molar-refractivity contribution >= 4 is 27.6 Å². The van der Waals surface area contributed by atoms with Gasteiger partial charge in [0.1, 0.15) is 5.69 Å². The van der Waals surface area contributed by atoms with Crippen LogP contribution in [-0.2, 0) is 10.9 Å². The molecule has 1 saturated heterocycles. The number of halogens is 1. The second-order valence-corrected chi connectivity index (χ2v) is 5.65. The van der Waals surface area contributed by atoms with Crippen molar-refractivity contribution in [2.45, 2.75) is 31.6 Å². The van der Waals surface area contributed by atoms with Gasteiger partial charge in [0, 0.05) is 12.4 Å². The van der Waals surface area contributed by atoms with Gasteiger partial charge < -0.3 is 0 Å².